The maximum Gasteiger partial charge on any atom is 0.126 e. The van der Waals surface area contributed by atoms with Crippen molar-refractivity contribution in [2.24, 2.45) is 0 Å². The maximum absolute atomic E-state index is 9.44. The number of hydrogen-bond acceptors (Lipinski definition) is 6. The lowest BCUT2D eigenvalue weighted by atomic mass is 10.6. The molecule has 0 aliphatic carbocycles. The van der Waals surface area contributed by atoms with Crippen LogP contribution in [0, 0.1) is 0 Å². The second kappa shape index (κ2) is 15.5. The van der Waals surface area contributed by atoms with Crippen molar-refractivity contribution in [3.05, 3.63) is 0 Å². The Bertz CT molecular complexity index is 135. The molecule has 1 aliphatic heterocycles. The Morgan fingerprint density at radius 3 is 0.737 bits per heavy atom. The second-order valence-corrected chi connectivity index (χ2v) is 3.97. The molecule has 0 N–H and O–H groups in total. The molecule has 0 aromatic rings. The fourth-order valence-corrected chi connectivity index (χ4v) is 1.10. The van der Waals surface area contributed by atoms with Crippen LogP contribution in [-0.2, 0) is 28.5 Å². The number of carbonyl (C=O) groups is 1. The quantitative estimate of drug-likeness (QED) is 0.649. The summed E-state index contributed by atoms with van der Waals surface area (Å²) < 4.78 is 26.4. The van der Waals surface area contributed by atoms with E-state index in [-0.39, 0.29) is 5.78 Å². The van der Waals surface area contributed by atoms with E-state index in [2.05, 4.69) is 0 Å². The van der Waals surface area contributed by atoms with E-state index in [0.717, 1.165) is 0 Å². The van der Waals surface area contributed by atoms with Crippen LogP contribution in [0.3, 0.4) is 0 Å². The summed E-state index contributed by atoms with van der Waals surface area (Å²) in [5, 5.41) is 0. The van der Waals surface area contributed by atoms with Gasteiger partial charge in [0.15, 0.2) is 0 Å². The number of ether oxygens (including phenoxy) is 5. The summed E-state index contributed by atoms with van der Waals surface area (Å²) in [6.45, 7) is 9.17. The molecule has 0 spiro atoms. The van der Waals surface area contributed by atoms with E-state index in [1.54, 1.807) is 0 Å². The van der Waals surface area contributed by atoms with Gasteiger partial charge in [-0.3, -0.25) is 0 Å². The fraction of sp³-hybridized carbons (Fsp3) is 0.923. The molecular weight excluding hydrogens is 252 g/mol. The van der Waals surface area contributed by atoms with Crippen LogP contribution in [0.5, 0.6) is 0 Å². The van der Waals surface area contributed by atoms with Crippen molar-refractivity contribution in [1.82, 2.24) is 0 Å². The Kier molecular flexibility index (Phi) is 15.1. The highest BCUT2D eigenvalue weighted by molar-refractivity contribution is 5.72. The van der Waals surface area contributed by atoms with Gasteiger partial charge in [0, 0.05) is 0 Å². The summed E-state index contributed by atoms with van der Waals surface area (Å²) in [5.74, 6) is 0.167. The van der Waals surface area contributed by atoms with Crippen LogP contribution in [0.2, 0.25) is 0 Å². The monoisotopic (exact) mass is 278 g/mol. The van der Waals surface area contributed by atoms with Crippen molar-refractivity contribution >= 4 is 5.78 Å². The average Bonchev–Trinajstić information content (AvgIpc) is 2.36. The molecule has 0 radical (unpaired) electrons. The minimum Gasteiger partial charge on any atom is -0.377 e. The zero-order chi connectivity index (χ0) is 14.2. The third kappa shape index (κ3) is 20.0. The van der Waals surface area contributed by atoms with Crippen molar-refractivity contribution in [1.29, 1.82) is 0 Å². The summed E-state index contributed by atoms with van der Waals surface area (Å²) in [6, 6.07) is 0. The molecule has 1 fully saturated rings. The topological polar surface area (TPSA) is 63.2 Å². The zero-order valence-electron chi connectivity index (χ0n) is 12.0. The number of ketones is 1. The van der Waals surface area contributed by atoms with Gasteiger partial charge in [-0.2, -0.15) is 0 Å². The first kappa shape index (κ1) is 18.5. The first-order valence-electron chi connectivity index (χ1n) is 6.59. The molecule has 1 rings (SSSR count). The van der Waals surface area contributed by atoms with Gasteiger partial charge in [-0.1, -0.05) is 0 Å². The Balaban J connectivity index is 0.000000711. The van der Waals surface area contributed by atoms with Gasteiger partial charge < -0.3 is 28.5 Å². The van der Waals surface area contributed by atoms with Crippen LogP contribution in [0.25, 0.3) is 0 Å². The number of hydrogen-bond donors (Lipinski definition) is 0. The van der Waals surface area contributed by atoms with Crippen molar-refractivity contribution in [2.45, 2.75) is 13.8 Å². The van der Waals surface area contributed by atoms with Gasteiger partial charge in [-0.25, -0.2) is 0 Å². The zero-order valence-corrected chi connectivity index (χ0v) is 12.0. The maximum atomic E-state index is 9.44. The van der Waals surface area contributed by atoms with Crippen LogP contribution in [-0.4, -0.2) is 71.9 Å². The van der Waals surface area contributed by atoms with Crippen LogP contribution < -0.4 is 0 Å². The highest BCUT2D eigenvalue weighted by Crippen LogP contribution is 1.86. The average molecular weight is 278 g/mol. The van der Waals surface area contributed by atoms with Crippen LogP contribution in [0.15, 0.2) is 0 Å². The van der Waals surface area contributed by atoms with Crippen LogP contribution in [0.1, 0.15) is 13.8 Å². The molecule has 0 saturated carbocycles. The molecular formula is C13H26O6. The molecule has 1 heterocycles. The molecule has 1 aliphatic rings. The molecule has 0 atom stereocenters. The SMILES string of the molecule is C1COCCOCCOCCOCCO1.CC(C)=O. The lowest BCUT2D eigenvalue weighted by Crippen LogP contribution is -2.12. The molecule has 0 aromatic heterocycles. The largest absolute Gasteiger partial charge is 0.377 e. The van der Waals surface area contributed by atoms with Crippen molar-refractivity contribution in [2.75, 3.05) is 66.1 Å². The van der Waals surface area contributed by atoms with Crippen LogP contribution in [0.4, 0.5) is 0 Å². The number of rotatable bonds is 0. The van der Waals surface area contributed by atoms with E-state index in [0.29, 0.717) is 66.1 Å². The van der Waals surface area contributed by atoms with E-state index in [9.17, 15) is 4.79 Å². The molecule has 0 aromatic carbocycles. The lowest BCUT2D eigenvalue weighted by Gasteiger charge is -2.05. The summed E-state index contributed by atoms with van der Waals surface area (Å²) in [7, 11) is 0. The van der Waals surface area contributed by atoms with E-state index < -0.39 is 0 Å². The highest BCUT2D eigenvalue weighted by atomic mass is 16.6. The smallest absolute Gasteiger partial charge is 0.126 e. The molecule has 6 nitrogen and oxygen atoms in total. The molecule has 6 heteroatoms. The number of Topliss-reactive ketones (excluding diaryl/α,β-unsaturated/α-hetero) is 1. The van der Waals surface area contributed by atoms with E-state index in [1.165, 1.54) is 13.8 Å². The third-order valence-electron chi connectivity index (χ3n) is 1.86. The highest BCUT2D eigenvalue weighted by Gasteiger charge is 1.95. The van der Waals surface area contributed by atoms with Gasteiger partial charge in [0.25, 0.3) is 0 Å². The molecule has 19 heavy (non-hydrogen) atoms. The molecule has 114 valence electrons. The number of carbonyl (C=O) groups excluding carboxylic acids is 1. The van der Waals surface area contributed by atoms with Gasteiger partial charge >= 0.3 is 0 Å². The van der Waals surface area contributed by atoms with E-state index >= 15 is 0 Å². The summed E-state index contributed by atoms with van der Waals surface area (Å²) >= 11 is 0. The van der Waals surface area contributed by atoms with Crippen molar-refractivity contribution in [3.63, 3.8) is 0 Å². The predicted molar refractivity (Wildman–Crippen MR) is 70.5 cm³/mol. The standard InChI is InChI=1S/C10H20O5.C3H6O/c1-2-12-5-6-14-9-10-15-8-7-13-4-3-11-1;1-3(2)4/h1-10H2;1-2H3. The van der Waals surface area contributed by atoms with Gasteiger partial charge in [0.2, 0.25) is 0 Å². The van der Waals surface area contributed by atoms with Crippen molar-refractivity contribution in [3.8, 4) is 0 Å². The molecule has 1 saturated heterocycles. The van der Waals surface area contributed by atoms with Crippen molar-refractivity contribution < 1.29 is 28.5 Å². The predicted octanol–water partition coefficient (Wildman–Crippen LogP) is 0.678. The summed E-state index contributed by atoms with van der Waals surface area (Å²) in [5.41, 5.74) is 0. The first-order valence-corrected chi connectivity index (χ1v) is 6.59. The summed E-state index contributed by atoms with van der Waals surface area (Å²) in [6.07, 6.45) is 0. The Hall–Kier alpha value is -0.530. The normalized spacial score (nSPS) is 20.3. The van der Waals surface area contributed by atoms with Gasteiger partial charge in [-0.15, -0.1) is 0 Å². The molecule has 0 amide bonds. The summed E-state index contributed by atoms with van der Waals surface area (Å²) in [4.78, 5) is 9.44. The Morgan fingerprint density at radius 1 is 0.526 bits per heavy atom. The minimum absolute atomic E-state index is 0.167. The molecule has 0 bridgehead atoms. The Morgan fingerprint density at radius 2 is 0.632 bits per heavy atom. The van der Waals surface area contributed by atoms with Gasteiger partial charge in [0.05, 0.1) is 66.1 Å². The minimum atomic E-state index is 0.167. The third-order valence-corrected chi connectivity index (χ3v) is 1.86. The lowest BCUT2D eigenvalue weighted by molar-refractivity contribution is -0.114. The molecule has 0 unspecified atom stereocenters. The fourth-order valence-electron chi connectivity index (χ4n) is 1.10. The van der Waals surface area contributed by atoms with Gasteiger partial charge in [-0.05, 0) is 13.8 Å². The van der Waals surface area contributed by atoms with E-state index in [1.807, 2.05) is 0 Å². The Labute approximate surface area is 115 Å². The van der Waals surface area contributed by atoms with Gasteiger partial charge in [0.1, 0.15) is 5.78 Å². The second-order valence-electron chi connectivity index (χ2n) is 3.97. The first-order chi connectivity index (χ1) is 9.23. The van der Waals surface area contributed by atoms with E-state index in [4.69, 9.17) is 23.7 Å². The van der Waals surface area contributed by atoms with Crippen LogP contribution >= 0.6 is 0 Å².